The highest BCUT2D eigenvalue weighted by atomic mass is 15.2. The third-order valence-electron chi connectivity index (χ3n) is 5.42. The quantitative estimate of drug-likeness (QED) is 0.563. The molecule has 0 bridgehead atoms. The zero-order chi connectivity index (χ0) is 18.1. The van der Waals surface area contributed by atoms with Gasteiger partial charge >= 0.3 is 0 Å². The standard InChI is InChI=1S/C23H22N4/c1-2-5-17(6-3-1)16-27-14-4-7-22(27)23-25-20-9-8-19(15-21(20)26-23)18-10-12-24-13-11-18/h1-3,5-6,8-13,15,22H,4,7,14,16H2,(H,25,26)/t22-/m0/s1. The maximum absolute atomic E-state index is 4.91. The molecule has 2 aromatic carbocycles. The van der Waals surface area contributed by atoms with E-state index in [9.17, 15) is 0 Å². The molecule has 0 spiro atoms. The number of aromatic amines is 1. The lowest BCUT2D eigenvalue weighted by atomic mass is 10.1. The molecule has 0 unspecified atom stereocenters. The van der Waals surface area contributed by atoms with Crippen LogP contribution in [0.1, 0.15) is 30.3 Å². The summed E-state index contributed by atoms with van der Waals surface area (Å²) in [4.78, 5) is 15.2. The molecular weight excluding hydrogens is 332 g/mol. The highest BCUT2D eigenvalue weighted by molar-refractivity contribution is 5.82. The van der Waals surface area contributed by atoms with E-state index in [1.807, 2.05) is 24.5 Å². The minimum absolute atomic E-state index is 0.363. The van der Waals surface area contributed by atoms with Crippen molar-refractivity contribution in [1.82, 2.24) is 19.9 Å². The molecule has 5 rings (SSSR count). The molecule has 0 saturated carbocycles. The molecule has 1 aliphatic rings. The number of benzene rings is 2. The molecule has 2 aromatic heterocycles. The molecule has 1 aliphatic heterocycles. The van der Waals surface area contributed by atoms with Crippen LogP contribution in [-0.4, -0.2) is 26.4 Å². The average molecular weight is 354 g/mol. The molecule has 1 fully saturated rings. The summed E-state index contributed by atoms with van der Waals surface area (Å²) >= 11 is 0. The van der Waals surface area contributed by atoms with Gasteiger partial charge in [0.15, 0.2) is 0 Å². The maximum Gasteiger partial charge on any atom is 0.124 e. The molecule has 3 heterocycles. The first kappa shape index (κ1) is 16.2. The van der Waals surface area contributed by atoms with E-state index < -0.39 is 0 Å². The van der Waals surface area contributed by atoms with Gasteiger partial charge in [-0.1, -0.05) is 36.4 Å². The Hall–Kier alpha value is -2.98. The van der Waals surface area contributed by atoms with Crippen LogP contribution in [0.4, 0.5) is 0 Å². The third kappa shape index (κ3) is 3.24. The van der Waals surface area contributed by atoms with Gasteiger partial charge in [-0.25, -0.2) is 4.98 Å². The second-order valence-corrected chi connectivity index (χ2v) is 7.20. The van der Waals surface area contributed by atoms with Gasteiger partial charge in [0.25, 0.3) is 0 Å². The number of likely N-dealkylation sites (tertiary alicyclic amines) is 1. The number of H-pyrrole nitrogens is 1. The number of hydrogen-bond donors (Lipinski definition) is 1. The second-order valence-electron chi connectivity index (χ2n) is 7.20. The van der Waals surface area contributed by atoms with E-state index in [0.29, 0.717) is 6.04 Å². The predicted molar refractivity (Wildman–Crippen MR) is 108 cm³/mol. The molecule has 4 nitrogen and oxygen atoms in total. The summed E-state index contributed by atoms with van der Waals surface area (Å²) in [5.74, 6) is 1.09. The van der Waals surface area contributed by atoms with E-state index in [1.165, 1.54) is 23.1 Å². The topological polar surface area (TPSA) is 44.8 Å². The lowest BCUT2D eigenvalue weighted by Crippen LogP contribution is -2.23. The summed E-state index contributed by atoms with van der Waals surface area (Å²) < 4.78 is 0. The summed E-state index contributed by atoms with van der Waals surface area (Å²) in [7, 11) is 0. The highest BCUT2D eigenvalue weighted by Gasteiger charge is 2.28. The molecule has 0 amide bonds. The lowest BCUT2D eigenvalue weighted by molar-refractivity contribution is 0.241. The SMILES string of the molecule is c1ccc(CN2CCC[C@H]2c2nc3ccc(-c4ccncc4)cc3[nH]2)cc1. The van der Waals surface area contributed by atoms with Gasteiger partial charge in [-0.3, -0.25) is 9.88 Å². The number of nitrogens with one attached hydrogen (secondary N) is 1. The smallest absolute Gasteiger partial charge is 0.124 e. The Bertz CT molecular complexity index is 1040. The van der Waals surface area contributed by atoms with Gasteiger partial charge in [-0.2, -0.15) is 0 Å². The van der Waals surface area contributed by atoms with E-state index in [0.717, 1.165) is 36.4 Å². The maximum atomic E-state index is 4.91. The minimum atomic E-state index is 0.363. The monoisotopic (exact) mass is 354 g/mol. The van der Waals surface area contributed by atoms with E-state index in [1.54, 1.807) is 0 Å². The van der Waals surface area contributed by atoms with Crippen LogP contribution in [0.5, 0.6) is 0 Å². The number of aromatic nitrogens is 3. The number of pyridine rings is 1. The third-order valence-corrected chi connectivity index (χ3v) is 5.42. The van der Waals surface area contributed by atoms with Crippen molar-refractivity contribution >= 4 is 11.0 Å². The molecule has 0 radical (unpaired) electrons. The molecule has 1 N–H and O–H groups in total. The van der Waals surface area contributed by atoms with E-state index in [4.69, 9.17) is 4.98 Å². The summed E-state index contributed by atoms with van der Waals surface area (Å²) in [6.45, 7) is 2.10. The average Bonchev–Trinajstić information content (AvgIpc) is 3.35. The van der Waals surface area contributed by atoms with Gasteiger partial charge in [0.2, 0.25) is 0 Å². The van der Waals surface area contributed by atoms with Gasteiger partial charge in [0.1, 0.15) is 5.82 Å². The first-order chi connectivity index (χ1) is 13.4. The van der Waals surface area contributed by atoms with Gasteiger partial charge in [0, 0.05) is 18.9 Å². The second kappa shape index (κ2) is 6.97. The van der Waals surface area contributed by atoms with Crippen molar-refractivity contribution in [3.63, 3.8) is 0 Å². The largest absolute Gasteiger partial charge is 0.341 e. The molecule has 1 atom stereocenters. The lowest BCUT2D eigenvalue weighted by Gasteiger charge is -2.22. The number of fused-ring (bicyclic) bond motifs is 1. The van der Waals surface area contributed by atoms with Crippen molar-refractivity contribution in [3.8, 4) is 11.1 Å². The summed E-state index contributed by atoms with van der Waals surface area (Å²) in [5, 5.41) is 0. The normalized spacial score (nSPS) is 17.6. The fourth-order valence-electron chi connectivity index (χ4n) is 4.05. The number of imidazole rings is 1. The molecule has 27 heavy (non-hydrogen) atoms. The Morgan fingerprint density at radius 3 is 2.67 bits per heavy atom. The summed E-state index contributed by atoms with van der Waals surface area (Å²) in [6.07, 6.45) is 6.04. The predicted octanol–water partition coefficient (Wildman–Crippen LogP) is 4.96. The van der Waals surface area contributed by atoms with Crippen LogP contribution >= 0.6 is 0 Å². The van der Waals surface area contributed by atoms with Crippen LogP contribution in [0, 0.1) is 0 Å². The fourth-order valence-corrected chi connectivity index (χ4v) is 4.05. The van der Waals surface area contributed by atoms with Crippen LogP contribution in [0.3, 0.4) is 0 Å². The molecule has 4 heteroatoms. The molecule has 0 aliphatic carbocycles. The van der Waals surface area contributed by atoms with Crippen molar-refractivity contribution in [2.45, 2.75) is 25.4 Å². The van der Waals surface area contributed by atoms with Gasteiger partial charge in [-0.15, -0.1) is 0 Å². The fraction of sp³-hybridized carbons (Fsp3) is 0.217. The van der Waals surface area contributed by atoms with Crippen molar-refractivity contribution in [3.05, 3.63) is 84.4 Å². The molecule has 1 saturated heterocycles. The van der Waals surface area contributed by atoms with E-state index >= 15 is 0 Å². The van der Waals surface area contributed by atoms with E-state index in [-0.39, 0.29) is 0 Å². The van der Waals surface area contributed by atoms with Gasteiger partial charge in [0.05, 0.1) is 17.1 Å². The number of hydrogen-bond acceptors (Lipinski definition) is 3. The van der Waals surface area contributed by atoms with Crippen LogP contribution in [0.25, 0.3) is 22.2 Å². The number of rotatable bonds is 4. The van der Waals surface area contributed by atoms with Gasteiger partial charge in [-0.05, 0) is 60.3 Å². The van der Waals surface area contributed by atoms with Crippen LogP contribution in [0.15, 0.2) is 73.1 Å². The van der Waals surface area contributed by atoms with Crippen molar-refractivity contribution in [2.75, 3.05) is 6.54 Å². The Morgan fingerprint density at radius 2 is 1.81 bits per heavy atom. The summed E-state index contributed by atoms with van der Waals surface area (Å²) in [6, 6.07) is 21.6. The summed E-state index contributed by atoms with van der Waals surface area (Å²) in [5.41, 5.74) is 5.86. The first-order valence-corrected chi connectivity index (χ1v) is 9.55. The Balaban J connectivity index is 1.44. The Morgan fingerprint density at radius 1 is 0.963 bits per heavy atom. The zero-order valence-electron chi connectivity index (χ0n) is 15.2. The first-order valence-electron chi connectivity index (χ1n) is 9.55. The molecule has 4 aromatic rings. The zero-order valence-corrected chi connectivity index (χ0v) is 15.2. The van der Waals surface area contributed by atoms with Gasteiger partial charge < -0.3 is 4.98 Å². The Labute approximate surface area is 158 Å². The van der Waals surface area contributed by atoms with Crippen LogP contribution in [0.2, 0.25) is 0 Å². The van der Waals surface area contributed by atoms with E-state index in [2.05, 4.69) is 63.4 Å². The van der Waals surface area contributed by atoms with Crippen molar-refractivity contribution in [1.29, 1.82) is 0 Å². The Kier molecular flexibility index (Phi) is 4.18. The minimum Gasteiger partial charge on any atom is -0.341 e. The van der Waals surface area contributed by atoms with Crippen LogP contribution in [-0.2, 0) is 6.54 Å². The highest BCUT2D eigenvalue weighted by Crippen LogP contribution is 2.33. The molecular formula is C23H22N4. The van der Waals surface area contributed by atoms with Crippen molar-refractivity contribution in [2.24, 2.45) is 0 Å². The molecule has 134 valence electrons. The number of nitrogens with zero attached hydrogens (tertiary/aromatic N) is 3. The van der Waals surface area contributed by atoms with Crippen LogP contribution < -0.4 is 0 Å². The van der Waals surface area contributed by atoms with Crippen molar-refractivity contribution < 1.29 is 0 Å².